The summed E-state index contributed by atoms with van der Waals surface area (Å²) in [6, 6.07) is 8.99. The molecule has 0 fully saturated rings. The lowest BCUT2D eigenvalue weighted by Gasteiger charge is -2.20. The molecule has 1 aromatic carbocycles. The molecule has 2 heterocycles. The molecule has 0 aliphatic rings. The van der Waals surface area contributed by atoms with E-state index in [1.54, 1.807) is 12.1 Å². The highest BCUT2D eigenvalue weighted by Crippen LogP contribution is 2.26. The van der Waals surface area contributed by atoms with Crippen molar-refractivity contribution in [3.63, 3.8) is 0 Å². The summed E-state index contributed by atoms with van der Waals surface area (Å²) in [5, 5.41) is 9.03. The predicted molar refractivity (Wildman–Crippen MR) is 93.5 cm³/mol. The van der Waals surface area contributed by atoms with E-state index in [-0.39, 0.29) is 5.41 Å². The topological polar surface area (TPSA) is 68.0 Å². The highest BCUT2D eigenvalue weighted by atomic mass is 16.4. The van der Waals surface area contributed by atoms with Crippen LogP contribution in [0.1, 0.15) is 48.1 Å². The van der Waals surface area contributed by atoms with Crippen molar-refractivity contribution in [3.05, 3.63) is 59.0 Å². The minimum absolute atomic E-state index is 0.115. The molecule has 0 amide bonds. The first-order chi connectivity index (χ1) is 11.3. The SMILES string of the molecule is Cc1cnc2c(c1)nc(C(C)(C)C)n2Cc1ccc(C(=O)O)cc1. The van der Waals surface area contributed by atoms with Gasteiger partial charge in [0.1, 0.15) is 11.3 Å². The summed E-state index contributed by atoms with van der Waals surface area (Å²) in [5.74, 6) is 0.0556. The summed E-state index contributed by atoms with van der Waals surface area (Å²) in [6.07, 6.45) is 1.85. The van der Waals surface area contributed by atoms with Crippen molar-refractivity contribution in [3.8, 4) is 0 Å². The average Bonchev–Trinajstić information content (AvgIpc) is 2.85. The molecule has 5 heteroatoms. The molecule has 0 spiro atoms. The van der Waals surface area contributed by atoms with Gasteiger partial charge in [0.2, 0.25) is 0 Å². The Morgan fingerprint density at radius 3 is 2.46 bits per heavy atom. The van der Waals surface area contributed by atoms with Gasteiger partial charge in [0, 0.05) is 11.6 Å². The molecule has 0 aliphatic heterocycles. The molecule has 3 aromatic rings. The smallest absolute Gasteiger partial charge is 0.335 e. The van der Waals surface area contributed by atoms with Crippen LogP contribution < -0.4 is 0 Å². The fourth-order valence-corrected chi connectivity index (χ4v) is 2.77. The second-order valence-corrected chi connectivity index (χ2v) is 7.13. The molecule has 0 unspecified atom stereocenters. The van der Waals surface area contributed by atoms with Crippen molar-refractivity contribution < 1.29 is 9.90 Å². The van der Waals surface area contributed by atoms with Gasteiger partial charge in [-0.2, -0.15) is 0 Å². The Labute approximate surface area is 141 Å². The van der Waals surface area contributed by atoms with Gasteiger partial charge in [0.15, 0.2) is 5.65 Å². The van der Waals surface area contributed by atoms with E-state index in [0.717, 1.165) is 28.1 Å². The standard InChI is InChI=1S/C19H21N3O2/c1-12-9-15-16(20-10-12)22(18(21-15)19(2,3)4)11-13-5-7-14(8-6-13)17(23)24/h5-10H,11H2,1-4H3,(H,23,24). The molecule has 0 radical (unpaired) electrons. The van der Waals surface area contributed by atoms with Gasteiger partial charge >= 0.3 is 5.97 Å². The van der Waals surface area contributed by atoms with E-state index in [1.807, 2.05) is 31.3 Å². The Balaban J connectivity index is 2.08. The predicted octanol–water partition coefficient (Wildman–Crippen LogP) is 3.78. The normalized spacial score (nSPS) is 11.8. The number of carboxylic acids is 1. The molecule has 24 heavy (non-hydrogen) atoms. The maximum Gasteiger partial charge on any atom is 0.335 e. The van der Waals surface area contributed by atoms with Crippen molar-refractivity contribution in [1.82, 2.24) is 14.5 Å². The summed E-state index contributed by atoms with van der Waals surface area (Å²) in [4.78, 5) is 20.4. The molecular weight excluding hydrogens is 302 g/mol. The molecular formula is C19H21N3O2. The summed E-state index contributed by atoms with van der Waals surface area (Å²) >= 11 is 0. The molecule has 0 saturated carbocycles. The third-order valence-electron chi connectivity index (χ3n) is 3.93. The number of imidazole rings is 1. The zero-order valence-corrected chi connectivity index (χ0v) is 14.4. The maximum atomic E-state index is 11.0. The maximum absolute atomic E-state index is 11.0. The number of hydrogen-bond acceptors (Lipinski definition) is 3. The van der Waals surface area contributed by atoms with Crippen molar-refractivity contribution in [1.29, 1.82) is 0 Å². The largest absolute Gasteiger partial charge is 0.478 e. The molecule has 1 N–H and O–H groups in total. The fourth-order valence-electron chi connectivity index (χ4n) is 2.77. The van der Waals surface area contributed by atoms with Crippen molar-refractivity contribution in [2.24, 2.45) is 0 Å². The van der Waals surface area contributed by atoms with Crippen LogP contribution in [0.25, 0.3) is 11.2 Å². The van der Waals surface area contributed by atoms with E-state index < -0.39 is 5.97 Å². The van der Waals surface area contributed by atoms with Crippen LogP contribution in [0, 0.1) is 6.92 Å². The number of carbonyl (C=O) groups is 1. The number of carboxylic acid groups (broad SMARTS) is 1. The Morgan fingerprint density at radius 2 is 1.88 bits per heavy atom. The fraction of sp³-hybridized carbons (Fsp3) is 0.316. The van der Waals surface area contributed by atoms with Crippen LogP contribution in [0.2, 0.25) is 0 Å². The van der Waals surface area contributed by atoms with Gasteiger partial charge in [-0.15, -0.1) is 0 Å². The Bertz CT molecular complexity index is 903. The monoisotopic (exact) mass is 323 g/mol. The molecule has 124 valence electrons. The number of rotatable bonds is 3. The molecule has 5 nitrogen and oxygen atoms in total. The van der Waals surface area contributed by atoms with Crippen LogP contribution in [-0.4, -0.2) is 25.6 Å². The molecule has 0 atom stereocenters. The Hall–Kier alpha value is -2.69. The zero-order valence-electron chi connectivity index (χ0n) is 14.4. The second kappa shape index (κ2) is 5.74. The lowest BCUT2D eigenvalue weighted by Crippen LogP contribution is -2.19. The number of pyridine rings is 1. The first-order valence-corrected chi connectivity index (χ1v) is 7.91. The summed E-state index contributed by atoms with van der Waals surface area (Å²) in [7, 11) is 0. The van der Waals surface area contributed by atoms with Crippen LogP contribution in [0.4, 0.5) is 0 Å². The van der Waals surface area contributed by atoms with E-state index in [9.17, 15) is 4.79 Å². The van der Waals surface area contributed by atoms with Gasteiger partial charge < -0.3 is 9.67 Å². The quantitative estimate of drug-likeness (QED) is 0.796. The summed E-state index contributed by atoms with van der Waals surface area (Å²) in [6.45, 7) is 9.01. The molecule has 3 rings (SSSR count). The van der Waals surface area contributed by atoms with Crippen LogP contribution in [0.5, 0.6) is 0 Å². The van der Waals surface area contributed by atoms with Crippen molar-refractivity contribution in [2.45, 2.75) is 39.7 Å². The summed E-state index contributed by atoms with van der Waals surface area (Å²) in [5.41, 5.74) is 4.02. The van der Waals surface area contributed by atoms with Gasteiger partial charge in [0.05, 0.1) is 12.1 Å². The van der Waals surface area contributed by atoms with E-state index in [4.69, 9.17) is 10.1 Å². The van der Waals surface area contributed by atoms with Crippen LogP contribution in [0.15, 0.2) is 36.5 Å². The zero-order chi connectivity index (χ0) is 17.5. The van der Waals surface area contributed by atoms with Gasteiger partial charge in [-0.05, 0) is 36.2 Å². The molecule has 2 aromatic heterocycles. The minimum Gasteiger partial charge on any atom is -0.478 e. The first kappa shape index (κ1) is 16.2. The highest BCUT2D eigenvalue weighted by Gasteiger charge is 2.23. The van der Waals surface area contributed by atoms with Crippen LogP contribution >= 0.6 is 0 Å². The number of nitrogens with zero attached hydrogens (tertiary/aromatic N) is 3. The van der Waals surface area contributed by atoms with Crippen LogP contribution in [0.3, 0.4) is 0 Å². The molecule has 0 bridgehead atoms. The number of aryl methyl sites for hydroxylation is 1. The molecule has 0 saturated heterocycles. The third kappa shape index (κ3) is 3.02. The average molecular weight is 323 g/mol. The van der Waals surface area contributed by atoms with E-state index >= 15 is 0 Å². The lowest BCUT2D eigenvalue weighted by atomic mass is 9.95. The van der Waals surface area contributed by atoms with Crippen molar-refractivity contribution >= 4 is 17.1 Å². The van der Waals surface area contributed by atoms with Gasteiger partial charge in [0.25, 0.3) is 0 Å². The number of hydrogen-bond donors (Lipinski definition) is 1. The van der Waals surface area contributed by atoms with E-state index in [0.29, 0.717) is 12.1 Å². The Morgan fingerprint density at radius 1 is 1.21 bits per heavy atom. The number of aromatic nitrogens is 3. The number of fused-ring (bicyclic) bond motifs is 1. The lowest BCUT2D eigenvalue weighted by molar-refractivity contribution is 0.0697. The first-order valence-electron chi connectivity index (χ1n) is 7.91. The summed E-state index contributed by atoms with van der Waals surface area (Å²) < 4.78 is 2.12. The van der Waals surface area contributed by atoms with Gasteiger partial charge in [-0.25, -0.2) is 14.8 Å². The highest BCUT2D eigenvalue weighted by molar-refractivity contribution is 5.87. The van der Waals surface area contributed by atoms with Crippen molar-refractivity contribution in [2.75, 3.05) is 0 Å². The minimum atomic E-state index is -0.915. The second-order valence-electron chi connectivity index (χ2n) is 7.13. The third-order valence-corrected chi connectivity index (χ3v) is 3.93. The molecule has 0 aliphatic carbocycles. The number of benzene rings is 1. The van der Waals surface area contributed by atoms with E-state index in [1.165, 1.54) is 0 Å². The number of aromatic carboxylic acids is 1. The van der Waals surface area contributed by atoms with Gasteiger partial charge in [-0.3, -0.25) is 0 Å². The van der Waals surface area contributed by atoms with Gasteiger partial charge in [-0.1, -0.05) is 32.9 Å². The van der Waals surface area contributed by atoms with E-state index in [2.05, 4.69) is 30.3 Å². The Kier molecular flexibility index (Phi) is 3.87. The van der Waals surface area contributed by atoms with Crippen LogP contribution in [-0.2, 0) is 12.0 Å².